The van der Waals surface area contributed by atoms with Gasteiger partial charge >= 0.3 is 0 Å². The molecule has 30 heavy (non-hydrogen) atoms. The molecule has 2 fully saturated rings. The summed E-state index contributed by atoms with van der Waals surface area (Å²) in [4.78, 5) is 31.1. The molecule has 2 aromatic carbocycles. The van der Waals surface area contributed by atoms with Crippen LogP contribution in [0, 0.1) is 5.82 Å². The van der Waals surface area contributed by atoms with Gasteiger partial charge in [0, 0.05) is 38.3 Å². The topological polar surface area (TPSA) is 53.1 Å². The van der Waals surface area contributed by atoms with Crippen LogP contribution in [-0.4, -0.2) is 65.8 Å². The zero-order chi connectivity index (χ0) is 21.1. The predicted molar refractivity (Wildman–Crippen MR) is 110 cm³/mol. The van der Waals surface area contributed by atoms with Gasteiger partial charge in [-0.2, -0.15) is 0 Å². The van der Waals surface area contributed by atoms with Crippen LogP contribution in [0.2, 0.25) is 0 Å². The fraction of sp³-hybridized carbons (Fsp3) is 0.391. The summed E-state index contributed by atoms with van der Waals surface area (Å²) in [5.74, 6) is 0.176. The van der Waals surface area contributed by atoms with Crippen molar-refractivity contribution in [3.63, 3.8) is 0 Å². The Morgan fingerprint density at radius 3 is 2.43 bits per heavy atom. The van der Waals surface area contributed by atoms with E-state index in [-0.39, 0.29) is 30.1 Å². The summed E-state index contributed by atoms with van der Waals surface area (Å²) in [5, 5.41) is 0. The fourth-order valence-electron chi connectivity index (χ4n) is 4.23. The highest BCUT2D eigenvalue weighted by atomic mass is 19.1. The first-order valence-electron chi connectivity index (χ1n) is 10.2. The minimum Gasteiger partial charge on any atom is -0.496 e. The zero-order valence-corrected chi connectivity index (χ0v) is 17.1. The van der Waals surface area contributed by atoms with Gasteiger partial charge in [-0.3, -0.25) is 24.3 Å². The summed E-state index contributed by atoms with van der Waals surface area (Å²) in [5.41, 5.74) is 1.76. The molecule has 2 saturated heterocycles. The van der Waals surface area contributed by atoms with Crippen molar-refractivity contribution in [2.75, 3.05) is 33.3 Å². The molecule has 2 aliphatic rings. The Morgan fingerprint density at radius 1 is 1.00 bits per heavy atom. The van der Waals surface area contributed by atoms with Gasteiger partial charge in [0.05, 0.1) is 26.1 Å². The van der Waals surface area contributed by atoms with Gasteiger partial charge in [0.25, 0.3) is 0 Å². The second-order valence-electron chi connectivity index (χ2n) is 7.79. The van der Waals surface area contributed by atoms with Crippen LogP contribution in [0.4, 0.5) is 4.39 Å². The molecule has 7 heteroatoms. The highest BCUT2D eigenvalue weighted by molar-refractivity contribution is 6.05. The van der Waals surface area contributed by atoms with E-state index in [2.05, 4.69) is 9.80 Å². The highest BCUT2D eigenvalue weighted by Crippen LogP contribution is 2.25. The van der Waals surface area contributed by atoms with Crippen molar-refractivity contribution in [1.82, 2.24) is 14.7 Å². The summed E-state index contributed by atoms with van der Waals surface area (Å²) in [6, 6.07) is 13.7. The number of nitrogens with zero attached hydrogens (tertiary/aromatic N) is 3. The smallest absolute Gasteiger partial charge is 0.247 e. The van der Waals surface area contributed by atoms with Gasteiger partial charge < -0.3 is 4.74 Å². The van der Waals surface area contributed by atoms with Crippen molar-refractivity contribution in [2.24, 2.45) is 0 Å². The van der Waals surface area contributed by atoms with Gasteiger partial charge in [0.1, 0.15) is 11.6 Å². The molecule has 0 N–H and O–H groups in total. The lowest BCUT2D eigenvalue weighted by Crippen LogP contribution is -2.52. The molecule has 158 valence electrons. The molecule has 0 aliphatic carbocycles. The minimum absolute atomic E-state index is 0.107. The van der Waals surface area contributed by atoms with Gasteiger partial charge in [-0.05, 0) is 23.8 Å². The maximum absolute atomic E-state index is 13.6. The number of rotatable bonds is 6. The van der Waals surface area contributed by atoms with Crippen molar-refractivity contribution >= 4 is 11.8 Å². The molecular formula is C23H26FN3O3. The van der Waals surface area contributed by atoms with Crippen molar-refractivity contribution in [3.05, 3.63) is 65.5 Å². The molecular weight excluding hydrogens is 385 g/mol. The Morgan fingerprint density at radius 2 is 1.73 bits per heavy atom. The number of methoxy groups -OCH3 is 1. The molecule has 2 amide bonds. The van der Waals surface area contributed by atoms with E-state index < -0.39 is 0 Å². The average molecular weight is 411 g/mol. The number of hydrogen-bond donors (Lipinski definition) is 0. The number of piperazine rings is 1. The van der Waals surface area contributed by atoms with Crippen molar-refractivity contribution in [3.8, 4) is 5.75 Å². The van der Waals surface area contributed by atoms with E-state index in [0.717, 1.165) is 24.2 Å². The van der Waals surface area contributed by atoms with E-state index in [1.807, 2.05) is 30.3 Å². The summed E-state index contributed by atoms with van der Waals surface area (Å²) >= 11 is 0. The van der Waals surface area contributed by atoms with E-state index in [9.17, 15) is 14.0 Å². The molecule has 6 nitrogen and oxygen atoms in total. The Bertz CT molecular complexity index is 913. The second-order valence-corrected chi connectivity index (χ2v) is 7.79. The van der Waals surface area contributed by atoms with Gasteiger partial charge in [-0.1, -0.05) is 30.3 Å². The van der Waals surface area contributed by atoms with Crippen LogP contribution >= 0.6 is 0 Å². The molecule has 4 rings (SSSR count). The molecule has 0 aromatic heterocycles. The van der Waals surface area contributed by atoms with Crippen molar-refractivity contribution in [2.45, 2.75) is 25.6 Å². The molecule has 1 atom stereocenters. The normalized spacial score (nSPS) is 20.7. The van der Waals surface area contributed by atoms with Gasteiger partial charge in [0.2, 0.25) is 11.8 Å². The van der Waals surface area contributed by atoms with Crippen LogP contribution in [-0.2, 0) is 22.7 Å². The summed E-state index contributed by atoms with van der Waals surface area (Å²) in [7, 11) is 1.58. The van der Waals surface area contributed by atoms with E-state index in [1.54, 1.807) is 13.2 Å². The van der Waals surface area contributed by atoms with Crippen LogP contribution < -0.4 is 4.74 Å². The van der Waals surface area contributed by atoms with E-state index in [1.165, 1.54) is 17.0 Å². The van der Waals surface area contributed by atoms with Gasteiger partial charge in [-0.15, -0.1) is 0 Å². The Labute approximate surface area is 175 Å². The lowest BCUT2D eigenvalue weighted by molar-refractivity contribution is -0.140. The quantitative estimate of drug-likeness (QED) is 0.683. The number of halogens is 1. The number of benzene rings is 2. The van der Waals surface area contributed by atoms with Crippen LogP contribution in [0.3, 0.4) is 0 Å². The first-order chi connectivity index (χ1) is 14.5. The van der Waals surface area contributed by atoms with Crippen molar-refractivity contribution < 1.29 is 18.7 Å². The molecule has 0 bridgehead atoms. The molecule has 2 heterocycles. The minimum atomic E-state index is -0.382. The van der Waals surface area contributed by atoms with Gasteiger partial charge in [0.15, 0.2) is 0 Å². The van der Waals surface area contributed by atoms with E-state index in [0.29, 0.717) is 31.9 Å². The summed E-state index contributed by atoms with van der Waals surface area (Å²) < 4.78 is 19.0. The summed E-state index contributed by atoms with van der Waals surface area (Å²) in [6.07, 6.45) is 0.239. The van der Waals surface area contributed by atoms with Crippen molar-refractivity contribution in [1.29, 1.82) is 0 Å². The lowest BCUT2D eigenvalue weighted by Gasteiger charge is -2.37. The largest absolute Gasteiger partial charge is 0.496 e. The second kappa shape index (κ2) is 8.93. The fourth-order valence-corrected chi connectivity index (χ4v) is 4.23. The maximum Gasteiger partial charge on any atom is 0.247 e. The van der Waals surface area contributed by atoms with Crippen LogP contribution in [0.25, 0.3) is 0 Å². The number of carbonyl (C=O) groups excluding carboxylic acids is 2. The molecule has 0 saturated carbocycles. The monoisotopic (exact) mass is 411 g/mol. The highest BCUT2D eigenvalue weighted by Gasteiger charge is 2.42. The molecule has 2 aromatic rings. The number of carbonyl (C=O) groups is 2. The molecule has 0 radical (unpaired) electrons. The number of amides is 2. The summed E-state index contributed by atoms with van der Waals surface area (Å²) in [6.45, 7) is 3.80. The Kier molecular flexibility index (Phi) is 6.11. The molecule has 2 aliphatic heterocycles. The Hall–Kier alpha value is -2.77. The number of ether oxygens (including phenoxy) is 1. The lowest BCUT2D eigenvalue weighted by atomic mass is 10.1. The van der Waals surface area contributed by atoms with E-state index in [4.69, 9.17) is 4.74 Å². The van der Waals surface area contributed by atoms with Crippen LogP contribution in [0.5, 0.6) is 5.75 Å². The first-order valence-corrected chi connectivity index (χ1v) is 10.2. The van der Waals surface area contributed by atoms with Gasteiger partial charge in [-0.25, -0.2) is 4.39 Å². The number of likely N-dealkylation sites (tertiary alicyclic amines) is 1. The number of imide groups is 1. The molecule has 0 unspecified atom stereocenters. The predicted octanol–water partition coefficient (Wildman–Crippen LogP) is 2.28. The van der Waals surface area contributed by atoms with E-state index >= 15 is 0 Å². The first kappa shape index (κ1) is 20.5. The third-order valence-corrected chi connectivity index (χ3v) is 5.89. The molecule has 0 spiro atoms. The third-order valence-electron chi connectivity index (χ3n) is 5.89. The van der Waals surface area contributed by atoms with Crippen LogP contribution in [0.15, 0.2) is 48.5 Å². The standard InChI is InChI=1S/C23H26FN3O3/c1-30-21-8-7-19(24)13-18(21)16-25-9-11-26(12-10-25)20-14-22(28)27(23(20)29)15-17-5-3-2-4-6-17/h2-8,13,20H,9-12,14-16H2,1H3/t20-/m0/s1. The van der Waals surface area contributed by atoms with Crippen LogP contribution in [0.1, 0.15) is 17.5 Å². The number of hydrogen-bond acceptors (Lipinski definition) is 5. The average Bonchev–Trinajstić information content (AvgIpc) is 3.03. The SMILES string of the molecule is COc1ccc(F)cc1CN1CCN([C@H]2CC(=O)N(Cc3ccccc3)C2=O)CC1. The third kappa shape index (κ3) is 4.37. The maximum atomic E-state index is 13.6. The Balaban J connectivity index is 1.35. The zero-order valence-electron chi connectivity index (χ0n) is 17.1.